The highest BCUT2D eigenvalue weighted by Gasteiger charge is 2.30. The first-order valence-electron chi connectivity index (χ1n) is 9.60. The van der Waals surface area contributed by atoms with Crippen LogP contribution in [-0.4, -0.2) is 60.5 Å². The van der Waals surface area contributed by atoms with E-state index in [0.717, 1.165) is 0 Å². The number of hydrogen-bond acceptors (Lipinski definition) is 8. The summed E-state index contributed by atoms with van der Waals surface area (Å²) in [5.41, 5.74) is -0.294. The molecule has 3 rings (SSSR count). The molecule has 2 heterocycles. The molecule has 0 radical (unpaired) electrons. The van der Waals surface area contributed by atoms with Crippen molar-refractivity contribution in [1.82, 2.24) is 10.3 Å². The Labute approximate surface area is 178 Å². The van der Waals surface area contributed by atoms with Crippen molar-refractivity contribution in [3.8, 4) is 17.2 Å². The summed E-state index contributed by atoms with van der Waals surface area (Å²) >= 11 is 0. The summed E-state index contributed by atoms with van der Waals surface area (Å²) in [6.45, 7) is 1.64. The summed E-state index contributed by atoms with van der Waals surface area (Å²) in [6.07, 6.45) is 0.654. The van der Waals surface area contributed by atoms with Gasteiger partial charge in [0, 0.05) is 18.7 Å². The van der Waals surface area contributed by atoms with Crippen LogP contribution in [0.25, 0.3) is 0 Å². The van der Waals surface area contributed by atoms with Crippen LogP contribution in [0.5, 0.6) is 17.2 Å². The van der Waals surface area contributed by atoms with Crippen molar-refractivity contribution in [3.05, 3.63) is 48.0 Å². The number of ether oxygens (including phenoxy) is 4. The van der Waals surface area contributed by atoms with Gasteiger partial charge >= 0.3 is 5.97 Å². The van der Waals surface area contributed by atoms with Crippen LogP contribution in [-0.2, 0) is 14.3 Å². The minimum absolute atomic E-state index is 0.0721. The minimum atomic E-state index is -1.12. The number of carbonyl (C=O) groups is 2. The average molecular weight is 434 g/mol. The highest BCUT2D eigenvalue weighted by atomic mass is 19.1. The standard InChI is InChI=1S/C21H23FN2O7/c1-12-9-15(31-14-5-3-13(22)4-6-14)10-29-11-16(21(27)30-12)24-20(26)18-19(25)17(28-2)7-8-23-18/h3-8,12,15-16,25H,9-11H2,1-2H3,(H,24,26)/t12?,15?,16-/m0/s1. The topological polar surface area (TPSA) is 116 Å². The largest absolute Gasteiger partial charge is 0.503 e. The fourth-order valence-electron chi connectivity index (χ4n) is 3.03. The Hall–Kier alpha value is -3.40. The summed E-state index contributed by atoms with van der Waals surface area (Å²) in [5, 5.41) is 12.6. The molecule has 3 atom stereocenters. The van der Waals surface area contributed by atoms with Crippen LogP contribution in [0.1, 0.15) is 23.8 Å². The lowest BCUT2D eigenvalue weighted by Crippen LogP contribution is -2.45. The third-order valence-corrected chi connectivity index (χ3v) is 4.53. The molecule has 1 amide bonds. The fraction of sp³-hybridized carbons (Fsp3) is 0.381. The minimum Gasteiger partial charge on any atom is -0.503 e. The van der Waals surface area contributed by atoms with Crippen molar-refractivity contribution < 1.29 is 38.0 Å². The Morgan fingerprint density at radius 1 is 1.26 bits per heavy atom. The van der Waals surface area contributed by atoms with Crippen LogP contribution < -0.4 is 14.8 Å². The van der Waals surface area contributed by atoms with Crippen molar-refractivity contribution in [1.29, 1.82) is 0 Å². The van der Waals surface area contributed by atoms with Gasteiger partial charge in [-0.15, -0.1) is 0 Å². The first-order valence-corrected chi connectivity index (χ1v) is 9.60. The van der Waals surface area contributed by atoms with Gasteiger partial charge in [-0.1, -0.05) is 0 Å². The molecule has 0 spiro atoms. The van der Waals surface area contributed by atoms with E-state index in [1.165, 1.54) is 43.6 Å². The van der Waals surface area contributed by atoms with Gasteiger partial charge in [0.05, 0.1) is 20.3 Å². The normalized spacial score (nSPS) is 21.8. The van der Waals surface area contributed by atoms with Crippen molar-refractivity contribution in [3.63, 3.8) is 0 Å². The monoisotopic (exact) mass is 434 g/mol. The maximum Gasteiger partial charge on any atom is 0.331 e. The third-order valence-electron chi connectivity index (χ3n) is 4.53. The Balaban J connectivity index is 1.66. The summed E-state index contributed by atoms with van der Waals surface area (Å²) < 4.78 is 34.8. The zero-order valence-electron chi connectivity index (χ0n) is 17.0. The SMILES string of the molecule is COc1ccnc(C(=O)N[C@H]2COCC(Oc3ccc(F)cc3)CC(C)OC2=O)c1O. The summed E-state index contributed by atoms with van der Waals surface area (Å²) in [7, 11) is 1.34. The van der Waals surface area contributed by atoms with E-state index in [1.807, 2.05) is 0 Å². The fourth-order valence-corrected chi connectivity index (χ4v) is 3.03. The molecular weight excluding hydrogens is 411 g/mol. The van der Waals surface area contributed by atoms with E-state index < -0.39 is 35.9 Å². The number of amides is 1. The maximum absolute atomic E-state index is 13.1. The molecule has 9 nitrogen and oxygen atoms in total. The van der Waals surface area contributed by atoms with Crippen molar-refractivity contribution >= 4 is 11.9 Å². The van der Waals surface area contributed by atoms with E-state index >= 15 is 0 Å². The lowest BCUT2D eigenvalue weighted by atomic mass is 10.2. The molecule has 1 saturated heterocycles. The zero-order valence-corrected chi connectivity index (χ0v) is 17.0. The molecule has 2 N–H and O–H groups in total. The van der Waals surface area contributed by atoms with Crippen LogP contribution in [0.3, 0.4) is 0 Å². The van der Waals surface area contributed by atoms with E-state index in [2.05, 4.69) is 10.3 Å². The lowest BCUT2D eigenvalue weighted by Gasteiger charge is -2.21. The Morgan fingerprint density at radius 3 is 2.71 bits per heavy atom. The number of nitrogens with zero attached hydrogens (tertiary/aromatic N) is 1. The van der Waals surface area contributed by atoms with Crippen LogP contribution in [0.2, 0.25) is 0 Å². The number of benzene rings is 1. The molecule has 1 aliphatic rings. The number of methoxy groups -OCH3 is 1. The number of halogens is 1. The van der Waals surface area contributed by atoms with Gasteiger partial charge in [-0.05, 0) is 31.2 Å². The predicted molar refractivity (Wildman–Crippen MR) is 106 cm³/mol. The number of aromatic hydroxyl groups is 1. The molecule has 10 heteroatoms. The number of hydrogen-bond donors (Lipinski definition) is 2. The van der Waals surface area contributed by atoms with Crippen LogP contribution >= 0.6 is 0 Å². The number of pyridine rings is 1. The second-order valence-electron chi connectivity index (χ2n) is 6.95. The highest BCUT2D eigenvalue weighted by molar-refractivity contribution is 5.98. The van der Waals surface area contributed by atoms with Gasteiger partial charge in [-0.3, -0.25) is 4.79 Å². The summed E-state index contributed by atoms with van der Waals surface area (Å²) in [5.74, 6) is -1.77. The molecule has 1 aromatic heterocycles. The second kappa shape index (κ2) is 10.1. The van der Waals surface area contributed by atoms with Gasteiger partial charge in [-0.2, -0.15) is 0 Å². The van der Waals surface area contributed by atoms with Gasteiger partial charge in [0.25, 0.3) is 5.91 Å². The maximum atomic E-state index is 13.1. The first-order chi connectivity index (χ1) is 14.9. The van der Waals surface area contributed by atoms with Gasteiger partial charge in [-0.25, -0.2) is 14.2 Å². The molecule has 0 saturated carbocycles. The molecule has 0 bridgehead atoms. The van der Waals surface area contributed by atoms with Crippen LogP contribution in [0, 0.1) is 5.82 Å². The molecule has 2 aromatic rings. The molecule has 1 aromatic carbocycles. The number of carbonyl (C=O) groups excluding carboxylic acids is 2. The van der Waals surface area contributed by atoms with Crippen molar-refractivity contribution in [2.75, 3.05) is 20.3 Å². The van der Waals surface area contributed by atoms with E-state index in [-0.39, 0.29) is 30.5 Å². The quantitative estimate of drug-likeness (QED) is 0.685. The van der Waals surface area contributed by atoms with Gasteiger partial charge < -0.3 is 29.4 Å². The Kier molecular flexibility index (Phi) is 7.24. The molecule has 1 aliphatic heterocycles. The zero-order chi connectivity index (χ0) is 22.4. The average Bonchev–Trinajstić information content (AvgIpc) is 2.79. The smallest absolute Gasteiger partial charge is 0.331 e. The molecular formula is C21H23FN2O7. The van der Waals surface area contributed by atoms with E-state index in [0.29, 0.717) is 12.2 Å². The predicted octanol–water partition coefficient (Wildman–Crippen LogP) is 1.83. The van der Waals surface area contributed by atoms with Gasteiger partial charge in [0.15, 0.2) is 23.2 Å². The van der Waals surface area contributed by atoms with Crippen molar-refractivity contribution in [2.24, 2.45) is 0 Å². The number of cyclic esters (lactones) is 1. The third kappa shape index (κ3) is 5.82. The number of rotatable bonds is 5. The molecule has 166 valence electrons. The number of esters is 1. The molecule has 0 aliphatic carbocycles. The molecule has 31 heavy (non-hydrogen) atoms. The highest BCUT2D eigenvalue weighted by Crippen LogP contribution is 2.27. The Morgan fingerprint density at radius 2 is 2.00 bits per heavy atom. The van der Waals surface area contributed by atoms with Gasteiger partial charge in [0.2, 0.25) is 0 Å². The molecule has 2 unspecified atom stereocenters. The van der Waals surface area contributed by atoms with E-state index in [1.54, 1.807) is 6.92 Å². The number of aromatic nitrogens is 1. The van der Waals surface area contributed by atoms with Gasteiger partial charge in [0.1, 0.15) is 23.8 Å². The Bertz CT molecular complexity index is 922. The molecule has 1 fully saturated rings. The lowest BCUT2D eigenvalue weighted by molar-refractivity contribution is -0.151. The van der Waals surface area contributed by atoms with Crippen LogP contribution in [0.4, 0.5) is 4.39 Å². The first kappa shape index (κ1) is 22.3. The van der Waals surface area contributed by atoms with Crippen LogP contribution in [0.15, 0.2) is 36.5 Å². The summed E-state index contributed by atoms with van der Waals surface area (Å²) in [6, 6.07) is 5.83. The van der Waals surface area contributed by atoms with Crippen molar-refractivity contribution in [2.45, 2.75) is 31.6 Å². The number of nitrogens with one attached hydrogen (secondary N) is 1. The summed E-state index contributed by atoms with van der Waals surface area (Å²) in [4.78, 5) is 28.9. The van der Waals surface area contributed by atoms with E-state index in [9.17, 15) is 19.1 Å². The second-order valence-corrected chi connectivity index (χ2v) is 6.95. The van der Waals surface area contributed by atoms with E-state index in [4.69, 9.17) is 18.9 Å².